The molecule has 0 heterocycles. The lowest BCUT2D eigenvalue weighted by Crippen LogP contribution is -2.18. The molecule has 0 aliphatic carbocycles. The van der Waals surface area contributed by atoms with Gasteiger partial charge in [0.1, 0.15) is 0 Å². The van der Waals surface area contributed by atoms with E-state index in [0.29, 0.717) is 18.1 Å². The number of esters is 1. The third-order valence-corrected chi connectivity index (χ3v) is 3.95. The Bertz CT molecular complexity index is 475. The zero-order chi connectivity index (χ0) is 16.7. The molecule has 1 aromatic rings. The summed E-state index contributed by atoms with van der Waals surface area (Å²) in [6, 6.07) is 2.52. The number of rotatable bonds is 8. The van der Waals surface area contributed by atoms with Gasteiger partial charge in [0.2, 0.25) is 0 Å². The molecule has 0 radical (unpaired) electrons. The topological polar surface area (TPSA) is 87.0 Å². The Hall–Kier alpha value is -1.91. The number of benzene rings is 1. The molecule has 2 unspecified atom stereocenters. The highest BCUT2D eigenvalue weighted by atomic mass is 16.5. The number of phenolic OH excluding ortho intramolecular Hbond substituents is 3. The molecular formula is C17H26O5. The van der Waals surface area contributed by atoms with Gasteiger partial charge in [0.05, 0.1) is 12.5 Å². The standard InChI is InChI=1S/C17H26O5/c1-4-6-7-12(5-2)10-22-17(21)11(3)13-8-14(18)16(20)15(19)9-13/h8-9,11-12,18-20H,4-7,10H2,1-3H3. The number of aromatic hydroxyl groups is 3. The Labute approximate surface area is 131 Å². The average Bonchev–Trinajstić information content (AvgIpc) is 2.51. The molecule has 0 aliphatic heterocycles. The fraction of sp³-hybridized carbons (Fsp3) is 0.588. The van der Waals surface area contributed by atoms with Gasteiger partial charge < -0.3 is 20.1 Å². The van der Waals surface area contributed by atoms with Crippen LogP contribution in [0.2, 0.25) is 0 Å². The summed E-state index contributed by atoms with van der Waals surface area (Å²) >= 11 is 0. The maximum absolute atomic E-state index is 12.1. The minimum Gasteiger partial charge on any atom is -0.504 e. The molecule has 5 heteroatoms. The van der Waals surface area contributed by atoms with E-state index >= 15 is 0 Å². The first-order valence-electron chi connectivity index (χ1n) is 7.82. The van der Waals surface area contributed by atoms with Crippen molar-refractivity contribution in [3.8, 4) is 17.2 Å². The molecule has 0 saturated carbocycles. The number of carbonyl (C=O) groups excluding carboxylic acids is 1. The predicted octanol–water partition coefficient (Wildman–Crippen LogP) is 3.67. The summed E-state index contributed by atoms with van der Waals surface area (Å²) in [6.45, 7) is 6.23. The summed E-state index contributed by atoms with van der Waals surface area (Å²) in [6.07, 6.45) is 4.23. The molecule has 0 fully saturated rings. The second kappa shape index (κ2) is 8.51. The van der Waals surface area contributed by atoms with Crippen molar-refractivity contribution < 1.29 is 24.9 Å². The van der Waals surface area contributed by atoms with Gasteiger partial charge >= 0.3 is 5.97 Å². The lowest BCUT2D eigenvalue weighted by Gasteiger charge is -2.17. The SMILES string of the molecule is CCCCC(CC)COC(=O)C(C)c1cc(O)c(O)c(O)c1. The zero-order valence-corrected chi connectivity index (χ0v) is 13.5. The predicted molar refractivity (Wildman–Crippen MR) is 84.1 cm³/mol. The van der Waals surface area contributed by atoms with Gasteiger partial charge in [-0.2, -0.15) is 0 Å². The summed E-state index contributed by atoms with van der Waals surface area (Å²) in [7, 11) is 0. The summed E-state index contributed by atoms with van der Waals surface area (Å²) in [5, 5.41) is 28.3. The van der Waals surface area contributed by atoms with Crippen LogP contribution in [-0.4, -0.2) is 27.9 Å². The summed E-state index contributed by atoms with van der Waals surface area (Å²) < 4.78 is 5.35. The Morgan fingerprint density at radius 2 is 1.77 bits per heavy atom. The normalized spacial score (nSPS) is 13.6. The second-order valence-electron chi connectivity index (χ2n) is 5.68. The van der Waals surface area contributed by atoms with Crippen LogP contribution in [0.15, 0.2) is 12.1 Å². The van der Waals surface area contributed by atoms with Crippen LogP contribution in [0.3, 0.4) is 0 Å². The number of carbonyl (C=O) groups is 1. The van der Waals surface area contributed by atoms with Crippen LogP contribution in [-0.2, 0) is 9.53 Å². The van der Waals surface area contributed by atoms with Crippen molar-refractivity contribution in [3.05, 3.63) is 17.7 Å². The van der Waals surface area contributed by atoms with Crippen LogP contribution < -0.4 is 0 Å². The molecule has 0 aromatic heterocycles. The highest BCUT2D eigenvalue weighted by molar-refractivity contribution is 5.78. The first kappa shape index (κ1) is 18.1. The van der Waals surface area contributed by atoms with Gasteiger partial charge in [-0.3, -0.25) is 4.79 Å². The van der Waals surface area contributed by atoms with E-state index in [0.717, 1.165) is 25.7 Å². The molecule has 1 rings (SSSR count). The van der Waals surface area contributed by atoms with E-state index in [1.165, 1.54) is 12.1 Å². The van der Waals surface area contributed by atoms with Gasteiger partial charge in [-0.25, -0.2) is 0 Å². The van der Waals surface area contributed by atoms with Crippen molar-refractivity contribution in [2.24, 2.45) is 5.92 Å². The van der Waals surface area contributed by atoms with E-state index < -0.39 is 29.1 Å². The van der Waals surface area contributed by atoms with Gasteiger partial charge in [0, 0.05) is 0 Å². The van der Waals surface area contributed by atoms with E-state index in [2.05, 4.69) is 13.8 Å². The second-order valence-corrected chi connectivity index (χ2v) is 5.68. The van der Waals surface area contributed by atoms with Crippen LogP contribution in [0, 0.1) is 5.92 Å². The maximum atomic E-state index is 12.1. The van der Waals surface area contributed by atoms with Gasteiger partial charge in [-0.05, 0) is 37.0 Å². The van der Waals surface area contributed by atoms with Crippen molar-refractivity contribution in [1.82, 2.24) is 0 Å². The highest BCUT2D eigenvalue weighted by Crippen LogP contribution is 2.37. The third-order valence-electron chi connectivity index (χ3n) is 3.95. The molecule has 22 heavy (non-hydrogen) atoms. The third kappa shape index (κ3) is 4.83. The van der Waals surface area contributed by atoms with Gasteiger partial charge in [0.25, 0.3) is 0 Å². The van der Waals surface area contributed by atoms with Gasteiger partial charge in [0.15, 0.2) is 17.2 Å². The number of ether oxygens (including phenoxy) is 1. The van der Waals surface area contributed by atoms with E-state index in [-0.39, 0.29) is 0 Å². The van der Waals surface area contributed by atoms with Crippen LogP contribution >= 0.6 is 0 Å². The Balaban J connectivity index is 2.65. The number of unbranched alkanes of at least 4 members (excludes halogenated alkanes) is 1. The lowest BCUT2D eigenvalue weighted by atomic mass is 9.99. The average molecular weight is 310 g/mol. The van der Waals surface area contributed by atoms with Gasteiger partial charge in [-0.15, -0.1) is 0 Å². The highest BCUT2D eigenvalue weighted by Gasteiger charge is 2.21. The molecule has 0 spiro atoms. The first-order valence-corrected chi connectivity index (χ1v) is 7.82. The van der Waals surface area contributed by atoms with E-state index in [4.69, 9.17) is 4.74 Å². The van der Waals surface area contributed by atoms with Crippen molar-refractivity contribution >= 4 is 5.97 Å². The van der Waals surface area contributed by atoms with E-state index in [1.54, 1.807) is 6.92 Å². The van der Waals surface area contributed by atoms with E-state index in [9.17, 15) is 20.1 Å². The van der Waals surface area contributed by atoms with Crippen molar-refractivity contribution in [2.75, 3.05) is 6.61 Å². The lowest BCUT2D eigenvalue weighted by molar-refractivity contribution is -0.146. The Morgan fingerprint density at radius 3 is 2.27 bits per heavy atom. The number of hydrogen-bond donors (Lipinski definition) is 3. The molecular weight excluding hydrogens is 284 g/mol. The summed E-state index contributed by atoms with van der Waals surface area (Å²) in [5.74, 6) is -2.17. The van der Waals surface area contributed by atoms with Crippen LogP contribution in [0.5, 0.6) is 17.2 Å². The molecule has 0 bridgehead atoms. The maximum Gasteiger partial charge on any atom is 0.313 e. The molecule has 0 aliphatic rings. The smallest absolute Gasteiger partial charge is 0.313 e. The van der Waals surface area contributed by atoms with Crippen molar-refractivity contribution in [2.45, 2.75) is 52.4 Å². The molecule has 1 aromatic carbocycles. The molecule has 124 valence electrons. The minimum absolute atomic E-state index is 0.359. The Kier molecular flexibility index (Phi) is 7.02. The fourth-order valence-electron chi connectivity index (χ4n) is 2.23. The van der Waals surface area contributed by atoms with Crippen LogP contribution in [0.25, 0.3) is 0 Å². The molecule has 3 N–H and O–H groups in total. The first-order chi connectivity index (χ1) is 10.4. The summed E-state index contributed by atoms with van der Waals surface area (Å²) in [5.41, 5.74) is 0.402. The molecule has 0 saturated heterocycles. The molecule has 2 atom stereocenters. The Morgan fingerprint density at radius 1 is 1.18 bits per heavy atom. The minimum atomic E-state index is -0.624. The zero-order valence-electron chi connectivity index (χ0n) is 13.5. The molecule has 0 amide bonds. The van der Waals surface area contributed by atoms with Crippen LogP contribution in [0.1, 0.15) is 57.9 Å². The van der Waals surface area contributed by atoms with Crippen LogP contribution in [0.4, 0.5) is 0 Å². The molecule has 5 nitrogen and oxygen atoms in total. The quantitative estimate of drug-likeness (QED) is 0.504. The largest absolute Gasteiger partial charge is 0.504 e. The number of hydrogen-bond acceptors (Lipinski definition) is 5. The monoisotopic (exact) mass is 310 g/mol. The number of phenols is 3. The van der Waals surface area contributed by atoms with Crippen molar-refractivity contribution in [1.29, 1.82) is 0 Å². The van der Waals surface area contributed by atoms with Crippen molar-refractivity contribution in [3.63, 3.8) is 0 Å². The van der Waals surface area contributed by atoms with E-state index in [1.807, 2.05) is 0 Å². The van der Waals surface area contributed by atoms with Gasteiger partial charge in [-0.1, -0.05) is 33.1 Å². The summed E-state index contributed by atoms with van der Waals surface area (Å²) in [4.78, 5) is 12.1. The fourth-order valence-corrected chi connectivity index (χ4v) is 2.23.